The van der Waals surface area contributed by atoms with E-state index in [1.165, 1.54) is 17.7 Å². The van der Waals surface area contributed by atoms with Gasteiger partial charge in [0, 0.05) is 32.7 Å². The lowest BCUT2D eigenvalue weighted by molar-refractivity contribution is 0.0956. The summed E-state index contributed by atoms with van der Waals surface area (Å²) in [4.78, 5) is 14.7. The predicted molar refractivity (Wildman–Crippen MR) is 76.1 cm³/mol. The highest BCUT2D eigenvalue weighted by Gasteiger charge is 2.23. The van der Waals surface area contributed by atoms with Gasteiger partial charge >= 0.3 is 6.09 Å². The van der Waals surface area contributed by atoms with E-state index in [2.05, 4.69) is 10.2 Å². The average Bonchev–Trinajstić information content (AvgIpc) is 2.31. The quantitative estimate of drug-likeness (QED) is 0.802. The molecule has 2 heterocycles. The van der Waals surface area contributed by atoms with E-state index in [4.69, 9.17) is 5.11 Å². The Morgan fingerprint density at radius 3 is 2.39 bits per heavy atom. The van der Waals surface area contributed by atoms with Crippen LogP contribution in [0.1, 0.15) is 12.8 Å². The number of hydrogen-bond donors (Lipinski definition) is 2. The van der Waals surface area contributed by atoms with E-state index >= 15 is 0 Å². The van der Waals surface area contributed by atoms with Crippen molar-refractivity contribution in [2.24, 2.45) is 5.92 Å². The Kier molecular flexibility index (Phi) is 8.69. The fourth-order valence-corrected chi connectivity index (χ4v) is 2.57. The van der Waals surface area contributed by atoms with Gasteiger partial charge in [-0.2, -0.15) is 0 Å². The number of hydrogen-bond acceptors (Lipinski definition) is 3. The highest BCUT2D eigenvalue weighted by Crippen LogP contribution is 2.13. The molecule has 0 aromatic heterocycles. The first-order chi connectivity index (χ1) is 7.75. The summed E-state index contributed by atoms with van der Waals surface area (Å²) in [5.74, 6) is 0.755. The van der Waals surface area contributed by atoms with Gasteiger partial charge in [-0.1, -0.05) is 0 Å². The van der Waals surface area contributed by atoms with E-state index < -0.39 is 6.09 Å². The first-order valence-corrected chi connectivity index (χ1v) is 6.16. The fourth-order valence-electron chi connectivity index (χ4n) is 2.57. The molecule has 2 N–H and O–H groups in total. The zero-order valence-electron chi connectivity index (χ0n) is 10.5. The van der Waals surface area contributed by atoms with Gasteiger partial charge in [-0.25, -0.2) is 4.79 Å². The average molecular weight is 300 g/mol. The van der Waals surface area contributed by atoms with Crippen molar-refractivity contribution in [2.75, 3.05) is 45.8 Å². The molecule has 0 saturated carbocycles. The molecule has 1 amide bonds. The molecule has 7 heteroatoms. The van der Waals surface area contributed by atoms with Crippen molar-refractivity contribution in [3.63, 3.8) is 0 Å². The van der Waals surface area contributed by atoms with Crippen LogP contribution in [0.4, 0.5) is 4.79 Å². The monoisotopic (exact) mass is 299 g/mol. The number of piperidine rings is 1. The lowest BCUT2D eigenvalue weighted by atomic mass is 9.99. The second-order valence-electron chi connectivity index (χ2n) is 4.78. The maximum Gasteiger partial charge on any atom is 0.407 e. The van der Waals surface area contributed by atoms with Crippen LogP contribution in [0.15, 0.2) is 0 Å². The van der Waals surface area contributed by atoms with Gasteiger partial charge in [0.05, 0.1) is 0 Å². The van der Waals surface area contributed by atoms with Crippen LogP contribution in [-0.4, -0.2) is 66.8 Å². The minimum Gasteiger partial charge on any atom is -0.465 e. The number of piperazine rings is 1. The van der Waals surface area contributed by atoms with Crippen molar-refractivity contribution in [1.29, 1.82) is 0 Å². The second-order valence-corrected chi connectivity index (χ2v) is 4.78. The standard InChI is InChI=1S/C11H21N3O2.2ClH/c15-11(16)14-6-4-13(5-7-14)9-10-2-1-3-12-8-10;;/h10,12H,1-9H2,(H,15,16);2*1H/t10-;;/m1../s1. The van der Waals surface area contributed by atoms with Gasteiger partial charge in [0.25, 0.3) is 0 Å². The molecule has 0 spiro atoms. The van der Waals surface area contributed by atoms with Crippen LogP contribution in [0.2, 0.25) is 0 Å². The molecule has 2 saturated heterocycles. The summed E-state index contributed by atoms with van der Waals surface area (Å²) in [6.07, 6.45) is 1.81. The lowest BCUT2D eigenvalue weighted by Crippen LogP contribution is -2.50. The van der Waals surface area contributed by atoms with E-state index in [0.717, 1.165) is 38.6 Å². The van der Waals surface area contributed by atoms with Gasteiger partial charge in [-0.15, -0.1) is 24.8 Å². The molecule has 2 fully saturated rings. The molecule has 2 rings (SSSR count). The van der Waals surface area contributed by atoms with Crippen molar-refractivity contribution in [1.82, 2.24) is 15.1 Å². The maximum atomic E-state index is 10.7. The van der Waals surface area contributed by atoms with Gasteiger partial charge in [0.1, 0.15) is 0 Å². The number of rotatable bonds is 2. The number of carbonyl (C=O) groups is 1. The molecule has 1 atom stereocenters. The molecule has 2 aliphatic rings. The number of amides is 1. The van der Waals surface area contributed by atoms with Crippen LogP contribution < -0.4 is 5.32 Å². The summed E-state index contributed by atoms with van der Waals surface area (Å²) in [5, 5.41) is 12.3. The summed E-state index contributed by atoms with van der Waals surface area (Å²) >= 11 is 0. The predicted octanol–water partition coefficient (Wildman–Crippen LogP) is 1.13. The molecule has 0 aromatic rings. The molecule has 0 unspecified atom stereocenters. The van der Waals surface area contributed by atoms with Crippen molar-refractivity contribution in [2.45, 2.75) is 12.8 Å². The molecule has 2 aliphatic heterocycles. The Bertz CT molecular complexity index is 242. The van der Waals surface area contributed by atoms with Gasteiger partial charge in [-0.3, -0.25) is 4.90 Å². The molecule has 5 nitrogen and oxygen atoms in total. The summed E-state index contributed by atoms with van der Waals surface area (Å²) in [5.41, 5.74) is 0. The highest BCUT2D eigenvalue weighted by molar-refractivity contribution is 5.85. The van der Waals surface area contributed by atoms with Crippen LogP contribution in [0, 0.1) is 5.92 Å². The van der Waals surface area contributed by atoms with Crippen molar-refractivity contribution in [3.8, 4) is 0 Å². The molecule has 0 aromatic carbocycles. The summed E-state index contributed by atoms with van der Waals surface area (Å²) in [6, 6.07) is 0. The van der Waals surface area contributed by atoms with Gasteiger partial charge in [0.15, 0.2) is 0 Å². The SMILES string of the molecule is Cl.Cl.O=C(O)N1CCN(C[C@@H]2CCCNC2)CC1. The van der Waals surface area contributed by atoms with E-state index in [-0.39, 0.29) is 24.8 Å². The zero-order chi connectivity index (χ0) is 11.4. The molecular formula is C11H23Cl2N3O2. The van der Waals surface area contributed by atoms with Gasteiger partial charge < -0.3 is 15.3 Å². The zero-order valence-corrected chi connectivity index (χ0v) is 12.1. The van der Waals surface area contributed by atoms with Gasteiger partial charge in [-0.05, 0) is 31.8 Å². The summed E-state index contributed by atoms with van der Waals surface area (Å²) < 4.78 is 0. The smallest absolute Gasteiger partial charge is 0.407 e. The third-order valence-corrected chi connectivity index (χ3v) is 3.56. The summed E-state index contributed by atoms with van der Waals surface area (Å²) in [6.45, 7) is 6.51. The van der Waals surface area contributed by atoms with E-state index in [9.17, 15) is 4.79 Å². The van der Waals surface area contributed by atoms with E-state index in [0.29, 0.717) is 13.1 Å². The molecule has 0 radical (unpaired) electrons. The van der Waals surface area contributed by atoms with Gasteiger partial charge in [0.2, 0.25) is 0 Å². The fraction of sp³-hybridized carbons (Fsp3) is 0.909. The minimum absolute atomic E-state index is 0. The Morgan fingerprint density at radius 1 is 1.22 bits per heavy atom. The molecule has 108 valence electrons. The van der Waals surface area contributed by atoms with Crippen LogP contribution in [-0.2, 0) is 0 Å². The van der Waals surface area contributed by atoms with Crippen LogP contribution in [0.5, 0.6) is 0 Å². The Balaban J connectivity index is 0.00000144. The Labute approximate surface area is 121 Å². The molecule has 0 aliphatic carbocycles. The number of nitrogens with zero attached hydrogens (tertiary/aromatic N) is 2. The Hall–Kier alpha value is -0.230. The van der Waals surface area contributed by atoms with Crippen molar-refractivity contribution >= 4 is 30.9 Å². The second kappa shape index (κ2) is 8.80. The third kappa shape index (κ3) is 5.18. The van der Waals surface area contributed by atoms with Crippen LogP contribution in [0.25, 0.3) is 0 Å². The first-order valence-electron chi connectivity index (χ1n) is 6.16. The highest BCUT2D eigenvalue weighted by atomic mass is 35.5. The number of carboxylic acid groups (broad SMARTS) is 1. The topological polar surface area (TPSA) is 55.8 Å². The van der Waals surface area contributed by atoms with Crippen molar-refractivity contribution < 1.29 is 9.90 Å². The minimum atomic E-state index is -0.779. The van der Waals surface area contributed by atoms with E-state index in [1.807, 2.05) is 0 Å². The number of halogens is 2. The largest absolute Gasteiger partial charge is 0.465 e. The first kappa shape index (κ1) is 17.8. The lowest BCUT2D eigenvalue weighted by Gasteiger charge is -2.36. The molecule has 18 heavy (non-hydrogen) atoms. The van der Waals surface area contributed by atoms with Crippen molar-refractivity contribution in [3.05, 3.63) is 0 Å². The normalized spacial score (nSPS) is 24.9. The van der Waals surface area contributed by atoms with Crippen LogP contribution in [0.3, 0.4) is 0 Å². The number of nitrogens with one attached hydrogen (secondary N) is 1. The molecular weight excluding hydrogens is 277 g/mol. The van der Waals surface area contributed by atoms with Crippen LogP contribution >= 0.6 is 24.8 Å². The molecule has 0 bridgehead atoms. The third-order valence-electron chi connectivity index (χ3n) is 3.56. The summed E-state index contributed by atoms with van der Waals surface area (Å²) in [7, 11) is 0. The maximum absolute atomic E-state index is 10.7. The van der Waals surface area contributed by atoms with E-state index in [1.54, 1.807) is 0 Å². The Morgan fingerprint density at radius 2 is 1.89 bits per heavy atom.